The summed E-state index contributed by atoms with van der Waals surface area (Å²) in [6, 6.07) is 0.0561. The van der Waals surface area contributed by atoms with E-state index in [4.69, 9.17) is 0 Å². The minimum atomic E-state index is 0.0561. The Kier molecular flexibility index (Phi) is 4.31. The van der Waals surface area contributed by atoms with Gasteiger partial charge in [-0.15, -0.1) is 0 Å². The van der Waals surface area contributed by atoms with E-state index in [9.17, 15) is 4.79 Å². The summed E-state index contributed by atoms with van der Waals surface area (Å²) >= 11 is 0. The lowest BCUT2D eigenvalue weighted by Gasteiger charge is -2.23. The zero-order chi connectivity index (χ0) is 13.3. The molecule has 104 valence electrons. The van der Waals surface area contributed by atoms with Gasteiger partial charge < -0.3 is 4.90 Å². The molecule has 1 aliphatic carbocycles. The van der Waals surface area contributed by atoms with E-state index in [2.05, 4.69) is 37.9 Å². The van der Waals surface area contributed by atoms with Gasteiger partial charge in [-0.3, -0.25) is 10.1 Å². The van der Waals surface area contributed by atoms with Gasteiger partial charge in [0.1, 0.15) is 0 Å². The molecule has 0 aromatic rings. The second kappa shape index (κ2) is 5.60. The lowest BCUT2D eigenvalue weighted by Crippen LogP contribution is -2.38. The molecule has 2 aliphatic rings. The van der Waals surface area contributed by atoms with Crippen LogP contribution in [0.15, 0.2) is 0 Å². The Balaban J connectivity index is 2.01. The van der Waals surface area contributed by atoms with Crippen molar-refractivity contribution < 1.29 is 4.79 Å². The third kappa shape index (κ3) is 2.71. The van der Waals surface area contributed by atoms with Crippen molar-refractivity contribution in [1.29, 1.82) is 0 Å². The van der Waals surface area contributed by atoms with Crippen molar-refractivity contribution in [3.05, 3.63) is 0 Å². The largest absolute Gasteiger partial charge is 0.326 e. The van der Waals surface area contributed by atoms with Crippen LogP contribution in [0.3, 0.4) is 0 Å². The van der Waals surface area contributed by atoms with E-state index in [1.807, 2.05) is 0 Å². The van der Waals surface area contributed by atoms with Gasteiger partial charge in [0, 0.05) is 6.54 Å². The first-order valence-electron chi connectivity index (χ1n) is 7.65. The average molecular weight is 252 g/mol. The maximum atomic E-state index is 12.5. The SMILES string of the molecule is CCCC1NC(C(C)CC)C(=O)N1CC1CC1C. The van der Waals surface area contributed by atoms with Crippen molar-refractivity contribution >= 4 is 5.91 Å². The molecule has 0 aromatic carbocycles. The van der Waals surface area contributed by atoms with Crippen molar-refractivity contribution in [1.82, 2.24) is 10.2 Å². The van der Waals surface area contributed by atoms with Gasteiger partial charge >= 0.3 is 0 Å². The molecule has 5 atom stereocenters. The quantitative estimate of drug-likeness (QED) is 0.788. The first-order chi connectivity index (χ1) is 8.58. The van der Waals surface area contributed by atoms with Crippen LogP contribution in [0.5, 0.6) is 0 Å². The number of hydrogen-bond donors (Lipinski definition) is 1. The Morgan fingerprint density at radius 3 is 2.61 bits per heavy atom. The highest BCUT2D eigenvalue weighted by Crippen LogP contribution is 2.39. The van der Waals surface area contributed by atoms with Gasteiger partial charge in [-0.05, 0) is 30.6 Å². The fraction of sp³-hybridized carbons (Fsp3) is 0.933. The van der Waals surface area contributed by atoms with E-state index < -0.39 is 0 Å². The topological polar surface area (TPSA) is 32.3 Å². The Hall–Kier alpha value is -0.570. The molecule has 2 rings (SSSR count). The van der Waals surface area contributed by atoms with Crippen LogP contribution in [0.1, 0.15) is 53.4 Å². The molecule has 5 unspecified atom stereocenters. The van der Waals surface area contributed by atoms with E-state index in [0.29, 0.717) is 11.8 Å². The van der Waals surface area contributed by atoms with Crippen LogP contribution in [0.4, 0.5) is 0 Å². The summed E-state index contributed by atoms with van der Waals surface area (Å²) in [5.74, 6) is 2.37. The van der Waals surface area contributed by atoms with Gasteiger partial charge in [-0.25, -0.2) is 0 Å². The number of nitrogens with zero attached hydrogens (tertiary/aromatic N) is 1. The third-order valence-corrected chi connectivity index (χ3v) is 4.78. The molecule has 1 N–H and O–H groups in total. The standard InChI is InChI=1S/C15H28N2O/c1-5-7-13-16-14(10(3)6-2)15(18)17(13)9-12-8-11(12)4/h10-14,16H,5-9H2,1-4H3. The lowest BCUT2D eigenvalue weighted by molar-refractivity contribution is -0.131. The molecule has 1 heterocycles. The number of nitrogens with one attached hydrogen (secondary N) is 1. The molecule has 0 spiro atoms. The van der Waals surface area contributed by atoms with Crippen molar-refractivity contribution in [2.75, 3.05) is 6.54 Å². The highest BCUT2D eigenvalue weighted by Gasteiger charge is 2.44. The average Bonchev–Trinajstić information content (AvgIpc) is 2.97. The second-order valence-corrected chi connectivity index (χ2v) is 6.30. The highest BCUT2D eigenvalue weighted by atomic mass is 16.2. The summed E-state index contributed by atoms with van der Waals surface area (Å²) in [5.41, 5.74) is 0. The van der Waals surface area contributed by atoms with Crippen LogP contribution in [-0.2, 0) is 4.79 Å². The van der Waals surface area contributed by atoms with Crippen LogP contribution in [0.25, 0.3) is 0 Å². The molecular weight excluding hydrogens is 224 g/mol. The van der Waals surface area contributed by atoms with Crippen molar-refractivity contribution in [2.24, 2.45) is 17.8 Å². The Labute approximate surface area is 111 Å². The van der Waals surface area contributed by atoms with Gasteiger partial charge in [0.05, 0.1) is 12.2 Å². The van der Waals surface area contributed by atoms with Crippen LogP contribution >= 0.6 is 0 Å². The zero-order valence-corrected chi connectivity index (χ0v) is 12.3. The maximum absolute atomic E-state index is 12.5. The minimum absolute atomic E-state index is 0.0561. The van der Waals surface area contributed by atoms with Crippen molar-refractivity contribution in [2.45, 2.75) is 65.6 Å². The van der Waals surface area contributed by atoms with E-state index in [1.165, 1.54) is 6.42 Å². The molecule has 0 bridgehead atoms. The molecule has 2 fully saturated rings. The Morgan fingerprint density at radius 2 is 2.11 bits per heavy atom. The first kappa shape index (κ1) is 13.9. The predicted octanol–water partition coefficient (Wildman–Crippen LogP) is 2.62. The summed E-state index contributed by atoms with van der Waals surface area (Å²) in [6.07, 6.45) is 4.87. The van der Waals surface area contributed by atoms with Gasteiger partial charge in [0.2, 0.25) is 5.91 Å². The smallest absolute Gasteiger partial charge is 0.241 e. The fourth-order valence-corrected chi connectivity index (χ4v) is 2.98. The van der Waals surface area contributed by atoms with Gasteiger partial charge in [-0.1, -0.05) is 40.5 Å². The van der Waals surface area contributed by atoms with E-state index in [1.54, 1.807) is 0 Å². The maximum Gasteiger partial charge on any atom is 0.241 e. The Morgan fingerprint density at radius 1 is 1.44 bits per heavy atom. The van der Waals surface area contributed by atoms with Crippen LogP contribution < -0.4 is 5.32 Å². The summed E-state index contributed by atoms with van der Waals surface area (Å²) in [5, 5.41) is 3.57. The number of hydrogen-bond acceptors (Lipinski definition) is 2. The normalized spacial score (nSPS) is 37.1. The molecule has 0 aromatic heterocycles. The number of amides is 1. The lowest BCUT2D eigenvalue weighted by atomic mass is 9.99. The summed E-state index contributed by atoms with van der Waals surface area (Å²) in [7, 11) is 0. The number of carbonyl (C=O) groups excluding carboxylic acids is 1. The molecule has 3 heteroatoms. The monoisotopic (exact) mass is 252 g/mol. The van der Waals surface area contributed by atoms with Crippen LogP contribution in [0.2, 0.25) is 0 Å². The van der Waals surface area contributed by atoms with Crippen molar-refractivity contribution in [3.63, 3.8) is 0 Å². The zero-order valence-electron chi connectivity index (χ0n) is 12.3. The molecule has 1 saturated carbocycles. The van der Waals surface area contributed by atoms with Crippen molar-refractivity contribution in [3.8, 4) is 0 Å². The highest BCUT2D eigenvalue weighted by molar-refractivity contribution is 5.84. The summed E-state index contributed by atoms with van der Waals surface area (Å²) in [4.78, 5) is 14.7. The Bertz CT molecular complexity index is 305. The third-order valence-electron chi connectivity index (χ3n) is 4.78. The fourth-order valence-electron chi connectivity index (χ4n) is 2.98. The predicted molar refractivity (Wildman–Crippen MR) is 74.1 cm³/mol. The molecule has 18 heavy (non-hydrogen) atoms. The molecule has 1 amide bonds. The van der Waals surface area contributed by atoms with Crippen LogP contribution in [-0.4, -0.2) is 29.6 Å². The van der Waals surface area contributed by atoms with E-state index >= 15 is 0 Å². The van der Waals surface area contributed by atoms with Crippen LogP contribution in [0, 0.1) is 17.8 Å². The van der Waals surface area contributed by atoms with Gasteiger partial charge in [0.25, 0.3) is 0 Å². The summed E-state index contributed by atoms with van der Waals surface area (Å²) in [6.45, 7) is 9.81. The molecule has 1 aliphatic heterocycles. The van der Waals surface area contributed by atoms with E-state index in [-0.39, 0.29) is 12.2 Å². The van der Waals surface area contributed by atoms with Gasteiger partial charge in [0.15, 0.2) is 0 Å². The number of carbonyl (C=O) groups is 1. The first-order valence-corrected chi connectivity index (χ1v) is 7.65. The summed E-state index contributed by atoms with van der Waals surface area (Å²) < 4.78 is 0. The van der Waals surface area contributed by atoms with Gasteiger partial charge in [-0.2, -0.15) is 0 Å². The molecule has 3 nitrogen and oxygen atoms in total. The minimum Gasteiger partial charge on any atom is -0.326 e. The molecule has 1 saturated heterocycles. The van der Waals surface area contributed by atoms with E-state index in [0.717, 1.165) is 37.6 Å². The molecule has 0 radical (unpaired) electrons. The number of rotatable bonds is 6. The second-order valence-electron chi connectivity index (χ2n) is 6.30. The molecular formula is C15H28N2O.